The number of nitrogens with zero attached hydrogens (tertiary/aromatic N) is 2. The molecule has 0 aromatic rings. The second-order valence-electron chi connectivity index (χ2n) is 3.47. The second kappa shape index (κ2) is 6.83. The summed E-state index contributed by atoms with van der Waals surface area (Å²) in [5, 5.41) is 8.44. The quantitative estimate of drug-likeness (QED) is 0.712. The van der Waals surface area contributed by atoms with Crippen molar-refractivity contribution in [1.29, 1.82) is 5.26 Å². The van der Waals surface area contributed by atoms with Crippen LogP contribution >= 0.6 is 15.9 Å². The molecule has 4 heteroatoms. The zero-order valence-electron chi connectivity index (χ0n) is 8.96. The summed E-state index contributed by atoms with van der Waals surface area (Å²) in [7, 11) is 0. The molecule has 0 N–H and O–H groups in total. The number of hydrogen-bond acceptors (Lipinski definition) is 2. The van der Waals surface area contributed by atoms with Crippen LogP contribution in [0.25, 0.3) is 0 Å². The van der Waals surface area contributed by atoms with Crippen LogP contribution < -0.4 is 0 Å². The largest absolute Gasteiger partial charge is 0.341 e. The van der Waals surface area contributed by atoms with Crippen molar-refractivity contribution >= 4 is 21.8 Å². The molecule has 14 heavy (non-hydrogen) atoms. The van der Waals surface area contributed by atoms with Crippen LogP contribution in [0.1, 0.15) is 27.2 Å². The van der Waals surface area contributed by atoms with E-state index in [1.807, 2.05) is 26.8 Å². The van der Waals surface area contributed by atoms with Gasteiger partial charge in [-0.05, 0) is 12.8 Å². The van der Waals surface area contributed by atoms with Gasteiger partial charge in [-0.3, -0.25) is 4.79 Å². The summed E-state index contributed by atoms with van der Waals surface area (Å²) in [5.74, 6) is 0.358. The summed E-state index contributed by atoms with van der Waals surface area (Å²) in [5.41, 5.74) is 0. The van der Waals surface area contributed by atoms with Gasteiger partial charge in [-0.2, -0.15) is 5.26 Å². The number of halogens is 1. The first-order valence-corrected chi connectivity index (χ1v) is 5.76. The summed E-state index contributed by atoms with van der Waals surface area (Å²) >= 11 is 3.37. The zero-order chi connectivity index (χ0) is 11.1. The lowest BCUT2D eigenvalue weighted by Gasteiger charge is -2.24. The molecule has 0 spiro atoms. The molecule has 1 atom stereocenters. The minimum atomic E-state index is -0.138. The van der Waals surface area contributed by atoms with Crippen molar-refractivity contribution in [1.82, 2.24) is 4.90 Å². The van der Waals surface area contributed by atoms with E-state index in [4.69, 9.17) is 5.26 Å². The molecule has 3 nitrogen and oxygen atoms in total. The molecule has 0 fully saturated rings. The second-order valence-corrected chi connectivity index (χ2v) is 4.46. The van der Waals surface area contributed by atoms with Gasteiger partial charge in [-0.15, -0.1) is 0 Å². The van der Waals surface area contributed by atoms with Gasteiger partial charge in [0.2, 0.25) is 5.91 Å². The van der Waals surface area contributed by atoms with Gasteiger partial charge in [0.15, 0.2) is 0 Å². The highest BCUT2D eigenvalue weighted by Gasteiger charge is 2.23. The lowest BCUT2D eigenvalue weighted by Crippen LogP contribution is -2.39. The van der Waals surface area contributed by atoms with Gasteiger partial charge in [-0.1, -0.05) is 29.8 Å². The lowest BCUT2D eigenvalue weighted by molar-refractivity contribution is -0.130. The van der Waals surface area contributed by atoms with Gasteiger partial charge >= 0.3 is 0 Å². The van der Waals surface area contributed by atoms with Crippen molar-refractivity contribution in [2.45, 2.75) is 32.0 Å². The number of carbonyl (C=O) groups excluding carboxylic acids is 1. The Morgan fingerprint density at radius 3 is 2.50 bits per heavy atom. The first-order valence-electron chi connectivity index (χ1n) is 4.84. The Morgan fingerprint density at radius 2 is 2.14 bits per heavy atom. The molecule has 0 bridgehead atoms. The molecule has 1 amide bonds. The minimum absolute atomic E-state index is 0.0813. The third kappa shape index (κ3) is 4.10. The molecule has 0 saturated heterocycles. The molecule has 0 aliphatic rings. The predicted octanol–water partition coefficient (Wildman–Crippen LogP) is 2.17. The van der Waals surface area contributed by atoms with E-state index >= 15 is 0 Å². The van der Waals surface area contributed by atoms with Crippen LogP contribution in [-0.2, 0) is 4.79 Å². The van der Waals surface area contributed by atoms with Gasteiger partial charge in [0.05, 0.1) is 17.3 Å². The number of amides is 1. The topological polar surface area (TPSA) is 44.1 Å². The number of nitriles is 1. The highest BCUT2D eigenvalue weighted by molar-refractivity contribution is 9.10. The molecule has 0 aliphatic heterocycles. The Bertz CT molecular complexity index is 223. The van der Waals surface area contributed by atoms with E-state index in [-0.39, 0.29) is 16.7 Å². The molecule has 0 heterocycles. The summed E-state index contributed by atoms with van der Waals surface area (Å²) in [6.45, 7) is 7.11. The lowest BCUT2D eigenvalue weighted by atomic mass is 10.1. The molecule has 0 radical (unpaired) electrons. The Kier molecular flexibility index (Phi) is 6.56. The van der Waals surface area contributed by atoms with E-state index < -0.39 is 0 Å². The van der Waals surface area contributed by atoms with Crippen molar-refractivity contribution in [2.75, 3.05) is 13.1 Å². The van der Waals surface area contributed by atoms with E-state index in [0.29, 0.717) is 19.5 Å². The van der Waals surface area contributed by atoms with Crippen LogP contribution in [-0.4, -0.2) is 28.7 Å². The number of hydrogen-bond donors (Lipinski definition) is 0. The van der Waals surface area contributed by atoms with E-state index in [0.717, 1.165) is 0 Å². The Morgan fingerprint density at radius 1 is 1.57 bits per heavy atom. The van der Waals surface area contributed by atoms with Gasteiger partial charge in [0, 0.05) is 13.1 Å². The number of rotatable bonds is 5. The van der Waals surface area contributed by atoms with Crippen molar-refractivity contribution in [2.24, 2.45) is 5.92 Å². The molecule has 1 unspecified atom stereocenters. The highest BCUT2D eigenvalue weighted by Crippen LogP contribution is 2.15. The Hall–Kier alpha value is -0.560. The van der Waals surface area contributed by atoms with Gasteiger partial charge in [0.25, 0.3) is 0 Å². The average molecular weight is 261 g/mol. The monoisotopic (exact) mass is 260 g/mol. The molecule has 80 valence electrons. The molecular formula is C10H17BrN2O. The maximum absolute atomic E-state index is 11.8. The van der Waals surface area contributed by atoms with E-state index in [1.165, 1.54) is 0 Å². The van der Waals surface area contributed by atoms with Crippen molar-refractivity contribution in [3.8, 4) is 6.07 Å². The minimum Gasteiger partial charge on any atom is -0.341 e. The van der Waals surface area contributed by atoms with Crippen LogP contribution in [0.15, 0.2) is 0 Å². The van der Waals surface area contributed by atoms with Crippen LogP contribution in [0.4, 0.5) is 0 Å². The molecule has 0 rings (SSSR count). The fourth-order valence-corrected chi connectivity index (χ4v) is 1.36. The highest BCUT2D eigenvalue weighted by atomic mass is 79.9. The Balaban J connectivity index is 4.24. The molecule has 0 aromatic carbocycles. The maximum Gasteiger partial charge on any atom is 0.236 e. The average Bonchev–Trinajstić information content (AvgIpc) is 2.17. The van der Waals surface area contributed by atoms with Gasteiger partial charge < -0.3 is 4.90 Å². The van der Waals surface area contributed by atoms with E-state index in [1.54, 1.807) is 4.90 Å². The summed E-state index contributed by atoms with van der Waals surface area (Å²) < 4.78 is 0. The molecule has 0 saturated carbocycles. The molecule has 0 aliphatic carbocycles. The standard InChI is InChI=1S/C10H17BrN2O/c1-4-13(7-5-6-12)10(14)9(11)8(2)3/h8-9H,4-5,7H2,1-3H3. The fraction of sp³-hybridized carbons (Fsp3) is 0.800. The van der Waals surface area contributed by atoms with Crippen LogP contribution in [0.2, 0.25) is 0 Å². The van der Waals surface area contributed by atoms with Crippen molar-refractivity contribution in [3.05, 3.63) is 0 Å². The van der Waals surface area contributed by atoms with E-state index in [9.17, 15) is 4.79 Å². The third-order valence-electron chi connectivity index (χ3n) is 2.01. The first kappa shape index (κ1) is 13.4. The van der Waals surface area contributed by atoms with Crippen molar-refractivity contribution in [3.63, 3.8) is 0 Å². The smallest absolute Gasteiger partial charge is 0.236 e. The SMILES string of the molecule is CCN(CCC#N)C(=O)C(Br)C(C)C. The van der Waals surface area contributed by atoms with Crippen LogP contribution in [0.3, 0.4) is 0 Å². The number of alkyl halides is 1. The summed E-state index contributed by atoms with van der Waals surface area (Å²) in [6, 6.07) is 2.05. The zero-order valence-corrected chi connectivity index (χ0v) is 10.5. The van der Waals surface area contributed by atoms with Crippen LogP contribution in [0, 0.1) is 17.2 Å². The van der Waals surface area contributed by atoms with Gasteiger partial charge in [0.1, 0.15) is 0 Å². The molecular weight excluding hydrogens is 244 g/mol. The molecule has 0 aromatic heterocycles. The fourth-order valence-electron chi connectivity index (χ4n) is 1.07. The maximum atomic E-state index is 11.8. The third-order valence-corrected chi connectivity index (χ3v) is 3.46. The normalized spacial score (nSPS) is 12.3. The van der Waals surface area contributed by atoms with E-state index in [2.05, 4.69) is 15.9 Å². The summed E-state index contributed by atoms with van der Waals surface area (Å²) in [4.78, 5) is 13.4. The first-order chi connectivity index (χ1) is 6.54. The Labute approximate surface area is 94.2 Å². The van der Waals surface area contributed by atoms with Crippen molar-refractivity contribution < 1.29 is 4.79 Å². The summed E-state index contributed by atoms with van der Waals surface area (Å²) in [6.07, 6.45) is 0.400. The van der Waals surface area contributed by atoms with Gasteiger partial charge in [-0.25, -0.2) is 0 Å². The predicted molar refractivity (Wildman–Crippen MR) is 60.0 cm³/mol. The number of carbonyl (C=O) groups is 1. The van der Waals surface area contributed by atoms with Crippen LogP contribution in [0.5, 0.6) is 0 Å².